The van der Waals surface area contributed by atoms with Crippen molar-refractivity contribution < 1.29 is 0 Å². The molecule has 1 aliphatic heterocycles. The lowest BCUT2D eigenvalue weighted by Gasteiger charge is -2.21. The fourth-order valence-corrected chi connectivity index (χ4v) is 2.56. The SMILES string of the molecule is CCN=C(N)C1(C)CCCS1. The fourth-order valence-electron chi connectivity index (χ4n) is 1.32. The number of hydrogen-bond donors (Lipinski definition) is 1. The molecule has 3 heteroatoms. The molecule has 1 aliphatic rings. The van der Waals surface area contributed by atoms with Gasteiger partial charge in [-0.15, -0.1) is 11.8 Å². The van der Waals surface area contributed by atoms with Crippen molar-refractivity contribution in [1.29, 1.82) is 0 Å². The maximum absolute atomic E-state index is 5.85. The Morgan fingerprint density at radius 3 is 2.91 bits per heavy atom. The molecule has 1 saturated heterocycles. The molecule has 0 saturated carbocycles. The third-order valence-corrected chi connectivity index (χ3v) is 3.63. The van der Waals surface area contributed by atoms with E-state index in [-0.39, 0.29) is 4.75 Å². The number of thioether (sulfide) groups is 1. The minimum atomic E-state index is 0.149. The van der Waals surface area contributed by atoms with Gasteiger partial charge >= 0.3 is 0 Å². The molecule has 0 bridgehead atoms. The van der Waals surface area contributed by atoms with Gasteiger partial charge in [-0.3, -0.25) is 4.99 Å². The summed E-state index contributed by atoms with van der Waals surface area (Å²) in [5.41, 5.74) is 5.85. The van der Waals surface area contributed by atoms with Crippen molar-refractivity contribution in [3.05, 3.63) is 0 Å². The topological polar surface area (TPSA) is 38.4 Å². The van der Waals surface area contributed by atoms with Gasteiger partial charge in [-0.25, -0.2) is 0 Å². The van der Waals surface area contributed by atoms with E-state index in [4.69, 9.17) is 5.73 Å². The van der Waals surface area contributed by atoms with Crippen LogP contribution in [0.2, 0.25) is 0 Å². The van der Waals surface area contributed by atoms with Crippen molar-refractivity contribution in [3.63, 3.8) is 0 Å². The monoisotopic (exact) mass is 172 g/mol. The van der Waals surface area contributed by atoms with Crippen molar-refractivity contribution in [2.75, 3.05) is 12.3 Å². The van der Waals surface area contributed by atoms with E-state index in [1.54, 1.807) is 0 Å². The van der Waals surface area contributed by atoms with Crippen molar-refractivity contribution in [3.8, 4) is 0 Å². The number of nitrogens with two attached hydrogens (primary N) is 1. The molecule has 1 fully saturated rings. The molecule has 0 aromatic rings. The van der Waals surface area contributed by atoms with Crippen molar-refractivity contribution in [2.24, 2.45) is 10.7 Å². The Balaban J connectivity index is 2.63. The second-order valence-electron chi connectivity index (χ2n) is 3.04. The maximum atomic E-state index is 5.85. The summed E-state index contributed by atoms with van der Waals surface area (Å²) in [6.07, 6.45) is 2.47. The molecule has 0 aromatic heterocycles. The largest absolute Gasteiger partial charge is 0.386 e. The highest BCUT2D eigenvalue weighted by molar-refractivity contribution is 8.01. The number of rotatable bonds is 2. The van der Waals surface area contributed by atoms with E-state index in [0.717, 1.165) is 12.4 Å². The lowest BCUT2D eigenvalue weighted by molar-refractivity contribution is 0.746. The zero-order valence-corrected chi connectivity index (χ0v) is 8.08. The molecule has 64 valence electrons. The smallest absolute Gasteiger partial charge is 0.110 e. The Labute approximate surface area is 72.6 Å². The standard InChI is InChI=1S/C8H16N2S/c1-3-10-7(9)8(2)5-4-6-11-8/h3-6H2,1-2H3,(H2,9,10). The van der Waals surface area contributed by atoms with Gasteiger partial charge in [0.1, 0.15) is 5.84 Å². The summed E-state index contributed by atoms with van der Waals surface area (Å²) in [5, 5.41) is 0. The molecule has 1 heterocycles. The summed E-state index contributed by atoms with van der Waals surface area (Å²) in [6.45, 7) is 5.02. The summed E-state index contributed by atoms with van der Waals surface area (Å²) in [7, 11) is 0. The van der Waals surface area contributed by atoms with Crippen LogP contribution >= 0.6 is 11.8 Å². The highest BCUT2D eigenvalue weighted by Crippen LogP contribution is 2.37. The minimum Gasteiger partial charge on any atom is -0.386 e. The van der Waals surface area contributed by atoms with Gasteiger partial charge in [0.05, 0.1) is 4.75 Å². The average molecular weight is 172 g/mol. The van der Waals surface area contributed by atoms with E-state index in [9.17, 15) is 0 Å². The Morgan fingerprint density at radius 1 is 1.73 bits per heavy atom. The summed E-state index contributed by atoms with van der Waals surface area (Å²) < 4.78 is 0.149. The molecule has 1 rings (SSSR count). The van der Waals surface area contributed by atoms with Crippen molar-refractivity contribution in [2.45, 2.75) is 31.4 Å². The first-order valence-corrected chi connectivity index (χ1v) is 5.12. The van der Waals surface area contributed by atoms with E-state index in [1.807, 2.05) is 18.7 Å². The summed E-state index contributed by atoms with van der Waals surface area (Å²) >= 11 is 1.94. The Bertz CT molecular complexity index is 159. The van der Waals surface area contributed by atoms with Gasteiger partial charge in [0.25, 0.3) is 0 Å². The first-order valence-electron chi connectivity index (χ1n) is 4.13. The highest BCUT2D eigenvalue weighted by Gasteiger charge is 2.33. The molecule has 0 radical (unpaired) electrons. The van der Waals surface area contributed by atoms with Gasteiger partial charge in [0, 0.05) is 6.54 Å². The Morgan fingerprint density at radius 2 is 2.45 bits per heavy atom. The molecule has 0 aromatic carbocycles. The van der Waals surface area contributed by atoms with E-state index in [1.165, 1.54) is 18.6 Å². The van der Waals surface area contributed by atoms with Gasteiger partial charge in [-0.05, 0) is 32.4 Å². The first-order chi connectivity index (χ1) is 5.19. The number of amidine groups is 1. The van der Waals surface area contributed by atoms with Crippen LogP contribution in [0, 0.1) is 0 Å². The average Bonchev–Trinajstić information content (AvgIpc) is 2.38. The van der Waals surface area contributed by atoms with E-state index in [2.05, 4.69) is 11.9 Å². The zero-order chi connectivity index (χ0) is 8.32. The highest BCUT2D eigenvalue weighted by atomic mass is 32.2. The first kappa shape index (κ1) is 8.91. The van der Waals surface area contributed by atoms with Crippen LogP contribution in [0.25, 0.3) is 0 Å². The molecule has 1 unspecified atom stereocenters. The molecular formula is C8H16N2S. The second kappa shape index (κ2) is 3.48. The van der Waals surface area contributed by atoms with Crippen LogP contribution in [0.4, 0.5) is 0 Å². The second-order valence-corrected chi connectivity index (χ2v) is 4.64. The quantitative estimate of drug-likeness (QED) is 0.508. The van der Waals surface area contributed by atoms with Crippen molar-refractivity contribution >= 4 is 17.6 Å². The molecule has 2 N–H and O–H groups in total. The normalized spacial score (nSPS) is 32.7. The summed E-state index contributed by atoms with van der Waals surface area (Å²) in [4.78, 5) is 4.25. The predicted molar refractivity (Wildman–Crippen MR) is 52.3 cm³/mol. The maximum Gasteiger partial charge on any atom is 0.110 e. The fraction of sp³-hybridized carbons (Fsp3) is 0.875. The molecular weight excluding hydrogens is 156 g/mol. The third kappa shape index (κ3) is 1.89. The van der Waals surface area contributed by atoms with Crippen LogP contribution in [0.5, 0.6) is 0 Å². The minimum absolute atomic E-state index is 0.149. The van der Waals surface area contributed by atoms with E-state index < -0.39 is 0 Å². The predicted octanol–water partition coefficient (Wildman–Crippen LogP) is 1.65. The van der Waals surface area contributed by atoms with Crippen LogP contribution in [0.15, 0.2) is 4.99 Å². The lowest BCUT2D eigenvalue weighted by atomic mass is 10.1. The van der Waals surface area contributed by atoms with Crippen LogP contribution in [0.1, 0.15) is 26.7 Å². The molecule has 2 nitrogen and oxygen atoms in total. The van der Waals surface area contributed by atoms with Gasteiger partial charge in [0.2, 0.25) is 0 Å². The Kier molecular flexibility index (Phi) is 2.82. The van der Waals surface area contributed by atoms with Crippen LogP contribution in [-0.4, -0.2) is 22.9 Å². The van der Waals surface area contributed by atoms with Crippen LogP contribution < -0.4 is 5.73 Å². The zero-order valence-electron chi connectivity index (χ0n) is 7.26. The van der Waals surface area contributed by atoms with E-state index >= 15 is 0 Å². The van der Waals surface area contributed by atoms with Gasteiger partial charge in [-0.2, -0.15) is 0 Å². The summed E-state index contributed by atoms with van der Waals surface area (Å²) in [5.74, 6) is 2.07. The van der Waals surface area contributed by atoms with Crippen molar-refractivity contribution in [1.82, 2.24) is 0 Å². The number of hydrogen-bond acceptors (Lipinski definition) is 2. The summed E-state index contributed by atoms with van der Waals surface area (Å²) in [6, 6.07) is 0. The third-order valence-electron chi connectivity index (χ3n) is 2.09. The van der Waals surface area contributed by atoms with Crippen LogP contribution in [0.3, 0.4) is 0 Å². The molecule has 11 heavy (non-hydrogen) atoms. The Hall–Kier alpha value is -0.180. The van der Waals surface area contributed by atoms with E-state index in [0.29, 0.717) is 0 Å². The number of aliphatic imine (C=N–C) groups is 1. The molecule has 0 spiro atoms. The van der Waals surface area contributed by atoms with Gasteiger partial charge in [0.15, 0.2) is 0 Å². The lowest BCUT2D eigenvalue weighted by Crippen LogP contribution is -2.36. The van der Waals surface area contributed by atoms with Crippen LogP contribution in [-0.2, 0) is 0 Å². The molecule has 1 atom stereocenters. The van der Waals surface area contributed by atoms with Gasteiger partial charge < -0.3 is 5.73 Å². The molecule has 0 amide bonds. The number of nitrogens with zero attached hydrogens (tertiary/aromatic N) is 1. The molecule has 0 aliphatic carbocycles. The van der Waals surface area contributed by atoms with Gasteiger partial charge in [-0.1, -0.05) is 0 Å².